The van der Waals surface area contributed by atoms with Crippen molar-refractivity contribution in [1.29, 1.82) is 0 Å². The second-order valence-electron chi connectivity index (χ2n) is 3.48. The summed E-state index contributed by atoms with van der Waals surface area (Å²) in [7, 11) is 0. The van der Waals surface area contributed by atoms with Crippen LogP contribution in [0.15, 0.2) is 28.9 Å². The highest BCUT2D eigenvalue weighted by Gasteiger charge is 2.03. The van der Waals surface area contributed by atoms with E-state index in [1.807, 2.05) is 6.07 Å². The second-order valence-corrected chi connectivity index (χ2v) is 4.33. The number of nitrogens with one attached hydrogen (secondary N) is 1. The van der Waals surface area contributed by atoms with E-state index >= 15 is 0 Å². The van der Waals surface area contributed by atoms with Gasteiger partial charge in [0.05, 0.1) is 5.69 Å². The van der Waals surface area contributed by atoms with Crippen LogP contribution < -0.4 is 0 Å². The van der Waals surface area contributed by atoms with Gasteiger partial charge in [-0.3, -0.25) is 5.10 Å². The predicted octanol–water partition coefficient (Wildman–Crippen LogP) is 3.46. The molecule has 0 unspecified atom stereocenters. The second kappa shape index (κ2) is 3.58. The van der Waals surface area contributed by atoms with Crippen LogP contribution in [-0.4, -0.2) is 10.2 Å². The first kappa shape index (κ1) is 9.46. The molecular formula is C11H11BrN2. The van der Waals surface area contributed by atoms with Gasteiger partial charge in [0.15, 0.2) is 0 Å². The van der Waals surface area contributed by atoms with E-state index in [1.165, 1.54) is 11.1 Å². The zero-order valence-corrected chi connectivity index (χ0v) is 9.72. The Morgan fingerprint density at radius 1 is 1.07 bits per heavy atom. The van der Waals surface area contributed by atoms with Crippen LogP contribution in [0.3, 0.4) is 0 Å². The number of aryl methyl sites for hydroxylation is 2. The van der Waals surface area contributed by atoms with E-state index in [0.717, 1.165) is 15.9 Å². The van der Waals surface area contributed by atoms with Crippen LogP contribution in [0.5, 0.6) is 0 Å². The van der Waals surface area contributed by atoms with Gasteiger partial charge in [0.25, 0.3) is 0 Å². The minimum absolute atomic E-state index is 0.909. The van der Waals surface area contributed by atoms with Gasteiger partial charge in [-0.15, -0.1) is 0 Å². The standard InChI is InChI=1S/C11H11BrN2/c1-7-3-8(2)5-9(4-7)10-6-11(12)14-13-10/h3-6H,1-2H3,(H,13,14). The highest BCUT2D eigenvalue weighted by molar-refractivity contribution is 9.10. The highest BCUT2D eigenvalue weighted by atomic mass is 79.9. The minimum Gasteiger partial charge on any atom is -0.271 e. The van der Waals surface area contributed by atoms with Crippen molar-refractivity contribution < 1.29 is 0 Å². The monoisotopic (exact) mass is 250 g/mol. The lowest BCUT2D eigenvalue weighted by molar-refractivity contribution is 1.07. The van der Waals surface area contributed by atoms with Crippen molar-refractivity contribution in [2.24, 2.45) is 0 Å². The van der Waals surface area contributed by atoms with Gasteiger partial charge >= 0.3 is 0 Å². The molecule has 2 rings (SSSR count). The zero-order chi connectivity index (χ0) is 10.1. The lowest BCUT2D eigenvalue weighted by Gasteiger charge is -2.00. The van der Waals surface area contributed by atoms with Crippen molar-refractivity contribution in [3.05, 3.63) is 40.0 Å². The fraction of sp³-hybridized carbons (Fsp3) is 0.182. The number of H-pyrrole nitrogens is 1. The molecule has 1 aromatic carbocycles. The third kappa shape index (κ3) is 1.87. The number of nitrogens with zero attached hydrogens (tertiary/aromatic N) is 1. The molecule has 0 saturated heterocycles. The van der Waals surface area contributed by atoms with Gasteiger partial charge in [-0.05, 0) is 48.0 Å². The molecule has 0 aliphatic rings. The fourth-order valence-corrected chi connectivity index (χ4v) is 1.87. The van der Waals surface area contributed by atoms with Crippen LogP contribution >= 0.6 is 15.9 Å². The van der Waals surface area contributed by atoms with Crippen LogP contribution in [0, 0.1) is 13.8 Å². The average Bonchev–Trinajstić information content (AvgIpc) is 2.50. The smallest absolute Gasteiger partial charge is 0.101 e. The van der Waals surface area contributed by atoms with Gasteiger partial charge in [-0.25, -0.2) is 0 Å². The van der Waals surface area contributed by atoms with E-state index in [0.29, 0.717) is 0 Å². The molecule has 0 aliphatic heterocycles. The van der Waals surface area contributed by atoms with E-state index < -0.39 is 0 Å². The predicted molar refractivity (Wildman–Crippen MR) is 61.2 cm³/mol. The first-order valence-electron chi connectivity index (χ1n) is 4.45. The van der Waals surface area contributed by atoms with Gasteiger partial charge in [0.2, 0.25) is 0 Å². The van der Waals surface area contributed by atoms with Crippen molar-refractivity contribution in [3.63, 3.8) is 0 Å². The number of aromatic nitrogens is 2. The summed E-state index contributed by atoms with van der Waals surface area (Å²) in [6.45, 7) is 4.19. The molecule has 0 aliphatic carbocycles. The third-order valence-corrected chi connectivity index (χ3v) is 2.47. The third-order valence-electron chi connectivity index (χ3n) is 2.06. The Morgan fingerprint density at radius 3 is 2.21 bits per heavy atom. The molecule has 14 heavy (non-hydrogen) atoms. The molecule has 0 bridgehead atoms. The number of hydrogen-bond donors (Lipinski definition) is 1. The Morgan fingerprint density at radius 2 is 1.71 bits per heavy atom. The van der Waals surface area contributed by atoms with E-state index in [-0.39, 0.29) is 0 Å². The Kier molecular flexibility index (Phi) is 2.42. The summed E-state index contributed by atoms with van der Waals surface area (Å²) in [4.78, 5) is 0. The Hall–Kier alpha value is -1.09. The quantitative estimate of drug-likeness (QED) is 0.826. The van der Waals surface area contributed by atoms with E-state index in [4.69, 9.17) is 0 Å². The zero-order valence-electron chi connectivity index (χ0n) is 8.13. The Labute approximate surface area is 91.5 Å². The molecule has 0 fully saturated rings. The van der Waals surface area contributed by atoms with Gasteiger partial charge < -0.3 is 0 Å². The Balaban J connectivity index is 2.51. The van der Waals surface area contributed by atoms with E-state index in [9.17, 15) is 0 Å². The summed E-state index contributed by atoms with van der Waals surface area (Å²) in [6, 6.07) is 8.41. The van der Waals surface area contributed by atoms with Crippen LogP contribution in [0.1, 0.15) is 11.1 Å². The van der Waals surface area contributed by atoms with Gasteiger partial charge in [0, 0.05) is 5.56 Å². The molecule has 0 amide bonds. The maximum Gasteiger partial charge on any atom is 0.101 e. The lowest BCUT2D eigenvalue weighted by Crippen LogP contribution is -1.82. The molecule has 1 heterocycles. The SMILES string of the molecule is Cc1cc(C)cc(-c2cc(Br)[nH]n2)c1. The Bertz CT molecular complexity index is 440. The van der Waals surface area contributed by atoms with Crippen LogP contribution in [0.25, 0.3) is 11.3 Å². The largest absolute Gasteiger partial charge is 0.271 e. The number of rotatable bonds is 1. The molecule has 72 valence electrons. The summed E-state index contributed by atoms with van der Waals surface area (Å²) in [5, 5.41) is 7.07. The summed E-state index contributed by atoms with van der Waals surface area (Å²) in [6.07, 6.45) is 0. The van der Waals surface area contributed by atoms with Crippen molar-refractivity contribution in [2.45, 2.75) is 13.8 Å². The first-order chi connectivity index (χ1) is 6.65. The maximum absolute atomic E-state index is 4.20. The molecule has 3 heteroatoms. The molecule has 1 aromatic heterocycles. The van der Waals surface area contributed by atoms with Crippen molar-refractivity contribution in [2.75, 3.05) is 0 Å². The van der Waals surface area contributed by atoms with Crippen molar-refractivity contribution in [1.82, 2.24) is 10.2 Å². The van der Waals surface area contributed by atoms with Crippen molar-refractivity contribution >= 4 is 15.9 Å². The van der Waals surface area contributed by atoms with Gasteiger partial charge in [0.1, 0.15) is 4.60 Å². The molecule has 0 radical (unpaired) electrons. The summed E-state index contributed by atoms with van der Waals surface area (Å²) in [5.41, 5.74) is 4.66. The average molecular weight is 251 g/mol. The van der Waals surface area contributed by atoms with Gasteiger partial charge in [-0.2, -0.15) is 5.10 Å². The summed E-state index contributed by atoms with van der Waals surface area (Å²) >= 11 is 3.35. The van der Waals surface area contributed by atoms with E-state index in [2.05, 4.69) is 58.2 Å². The molecule has 2 nitrogen and oxygen atoms in total. The normalized spacial score (nSPS) is 10.5. The molecule has 0 atom stereocenters. The summed E-state index contributed by atoms with van der Waals surface area (Å²) < 4.78 is 0.909. The lowest BCUT2D eigenvalue weighted by atomic mass is 10.1. The van der Waals surface area contributed by atoms with Crippen LogP contribution in [0.2, 0.25) is 0 Å². The van der Waals surface area contributed by atoms with Crippen molar-refractivity contribution in [3.8, 4) is 11.3 Å². The number of benzene rings is 1. The number of halogens is 1. The number of hydrogen-bond acceptors (Lipinski definition) is 1. The molecular weight excluding hydrogens is 240 g/mol. The fourth-order valence-electron chi connectivity index (χ4n) is 1.57. The summed E-state index contributed by atoms with van der Waals surface area (Å²) in [5.74, 6) is 0. The van der Waals surface area contributed by atoms with E-state index in [1.54, 1.807) is 0 Å². The molecule has 1 N–H and O–H groups in total. The number of aromatic amines is 1. The minimum atomic E-state index is 0.909. The highest BCUT2D eigenvalue weighted by Crippen LogP contribution is 2.22. The molecule has 2 aromatic rings. The van der Waals surface area contributed by atoms with Gasteiger partial charge in [-0.1, -0.05) is 17.2 Å². The molecule has 0 spiro atoms. The first-order valence-corrected chi connectivity index (χ1v) is 5.24. The maximum atomic E-state index is 4.20. The van der Waals surface area contributed by atoms with Crippen LogP contribution in [0.4, 0.5) is 0 Å². The van der Waals surface area contributed by atoms with Crippen LogP contribution in [-0.2, 0) is 0 Å². The molecule has 0 saturated carbocycles. The topological polar surface area (TPSA) is 28.7 Å².